The first-order valence-corrected chi connectivity index (χ1v) is 9.01. The molecule has 26 heavy (non-hydrogen) atoms. The first kappa shape index (κ1) is 16.4. The van der Waals surface area contributed by atoms with E-state index in [0.29, 0.717) is 12.0 Å². The van der Waals surface area contributed by atoms with Crippen LogP contribution in [0, 0.1) is 0 Å². The van der Waals surface area contributed by atoms with Gasteiger partial charge in [-0.2, -0.15) is 0 Å². The molecule has 0 aliphatic heterocycles. The lowest BCUT2D eigenvalue weighted by atomic mass is 10.00. The van der Waals surface area contributed by atoms with Crippen LogP contribution in [0.15, 0.2) is 60.5 Å². The zero-order valence-corrected chi connectivity index (χ0v) is 15.0. The molecule has 4 aromatic rings. The maximum Gasteiger partial charge on any atom is 0.162 e. The molecule has 0 saturated heterocycles. The monoisotopic (exact) mass is 360 g/mol. The number of nitrogens with zero attached hydrogens (tertiary/aromatic N) is 3. The van der Waals surface area contributed by atoms with Crippen molar-refractivity contribution in [2.24, 2.45) is 0 Å². The minimum Gasteiger partial charge on any atom is -0.345 e. The van der Waals surface area contributed by atoms with E-state index in [9.17, 15) is 4.79 Å². The van der Waals surface area contributed by atoms with Gasteiger partial charge in [-0.05, 0) is 24.1 Å². The molecule has 0 amide bonds. The van der Waals surface area contributed by atoms with Gasteiger partial charge >= 0.3 is 0 Å². The number of hydrogen-bond acceptors (Lipinski definition) is 5. The van der Waals surface area contributed by atoms with Crippen LogP contribution in [0.2, 0.25) is 0 Å². The van der Waals surface area contributed by atoms with Crippen molar-refractivity contribution in [2.75, 3.05) is 0 Å². The molecule has 4 rings (SSSR count). The Bertz CT molecular complexity index is 1110. The number of rotatable bonds is 5. The minimum absolute atomic E-state index is 0.0418. The third-order valence-corrected chi connectivity index (χ3v) is 4.98. The van der Waals surface area contributed by atoms with Crippen LogP contribution in [0.3, 0.4) is 0 Å². The van der Waals surface area contributed by atoms with E-state index in [-0.39, 0.29) is 5.78 Å². The summed E-state index contributed by atoms with van der Waals surface area (Å²) in [6.45, 7) is 5.46. The highest BCUT2D eigenvalue weighted by atomic mass is 32.1. The Morgan fingerprint density at radius 2 is 2.15 bits per heavy atom. The van der Waals surface area contributed by atoms with Gasteiger partial charge in [0.1, 0.15) is 17.0 Å². The van der Waals surface area contributed by atoms with Crippen molar-refractivity contribution in [3.63, 3.8) is 0 Å². The number of hydrogen-bond donors (Lipinski definition) is 1. The number of allylic oxidation sites excluding steroid dienone is 1. The summed E-state index contributed by atoms with van der Waals surface area (Å²) in [5.74, 6) is 0.0418. The van der Waals surface area contributed by atoms with Crippen LogP contribution in [-0.2, 0) is 11.2 Å². The molecule has 1 N–H and O–H groups in total. The summed E-state index contributed by atoms with van der Waals surface area (Å²) in [5, 5.41) is 3.80. The molecule has 1 aromatic carbocycles. The van der Waals surface area contributed by atoms with Crippen molar-refractivity contribution in [3.8, 4) is 21.8 Å². The van der Waals surface area contributed by atoms with E-state index in [1.54, 1.807) is 30.8 Å². The maximum atomic E-state index is 12.0. The number of aromatic nitrogens is 4. The highest BCUT2D eigenvalue weighted by Gasteiger charge is 2.16. The van der Waals surface area contributed by atoms with Gasteiger partial charge in [0.25, 0.3) is 0 Å². The standard InChI is InChI=1S/C20H16N4OS/c1-12(2)16(25)9-13-4-3-5-14(8-13)18-17-15(20-21-6-7-26-20)10-22-19(17)24-11-23-18/h3-8,10-11H,1,9H2,2H3,(H,22,23,24). The highest BCUT2D eigenvalue weighted by Crippen LogP contribution is 2.35. The van der Waals surface area contributed by atoms with E-state index in [1.165, 1.54) is 0 Å². The highest BCUT2D eigenvalue weighted by molar-refractivity contribution is 7.13. The molecular formula is C20H16N4OS. The number of thiazole rings is 1. The van der Waals surface area contributed by atoms with Gasteiger partial charge < -0.3 is 4.98 Å². The molecule has 5 nitrogen and oxygen atoms in total. The first-order valence-electron chi connectivity index (χ1n) is 8.13. The predicted molar refractivity (Wildman–Crippen MR) is 104 cm³/mol. The Balaban J connectivity index is 1.84. The van der Waals surface area contributed by atoms with E-state index < -0.39 is 0 Å². The Morgan fingerprint density at radius 1 is 1.27 bits per heavy atom. The molecule has 6 heteroatoms. The summed E-state index contributed by atoms with van der Waals surface area (Å²) >= 11 is 1.57. The van der Waals surface area contributed by atoms with Crippen LogP contribution >= 0.6 is 11.3 Å². The SMILES string of the molecule is C=C(C)C(=O)Cc1cccc(-c2ncnc3[nH]cc(-c4nccs4)c23)c1. The molecule has 0 atom stereocenters. The molecule has 0 aliphatic rings. The normalized spacial score (nSPS) is 11.0. The summed E-state index contributed by atoms with van der Waals surface area (Å²) < 4.78 is 0. The molecular weight excluding hydrogens is 344 g/mol. The van der Waals surface area contributed by atoms with Crippen molar-refractivity contribution in [1.82, 2.24) is 19.9 Å². The van der Waals surface area contributed by atoms with E-state index in [1.807, 2.05) is 35.8 Å². The summed E-state index contributed by atoms with van der Waals surface area (Å²) in [7, 11) is 0. The fraction of sp³-hybridized carbons (Fsp3) is 0.100. The van der Waals surface area contributed by atoms with Gasteiger partial charge in [-0.25, -0.2) is 15.0 Å². The van der Waals surface area contributed by atoms with E-state index in [0.717, 1.165) is 38.4 Å². The smallest absolute Gasteiger partial charge is 0.162 e. The van der Waals surface area contributed by atoms with Crippen LogP contribution in [0.1, 0.15) is 12.5 Å². The van der Waals surface area contributed by atoms with E-state index >= 15 is 0 Å². The molecule has 3 heterocycles. The molecule has 0 bridgehead atoms. The van der Waals surface area contributed by atoms with Gasteiger partial charge in [0, 0.05) is 35.3 Å². The lowest BCUT2D eigenvalue weighted by Gasteiger charge is -2.07. The number of carbonyl (C=O) groups is 1. The average Bonchev–Trinajstić information content (AvgIpc) is 3.30. The molecule has 0 fully saturated rings. The zero-order valence-electron chi connectivity index (χ0n) is 14.2. The van der Waals surface area contributed by atoms with Crippen LogP contribution < -0.4 is 0 Å². The molecule has 128 valence electrons. The first-order chi connectivity index (χ1) is 12.6. The minimum atomic E-state index is 0.0418. The summed E-state index contributed by atoms with van der Waals surface area (Å²) in [4.78, 5) is 28.5. The summed E-state index contributed by atoms with van der Waals surface area (Å²) in [5.41, 5.74) is 5.02. The molecule has 0 aliphatic carbocycles. The topological polar surface area (TPSA) is 71.5 Å². The number of ketones is 1. The zero-order chi connectivity index (χ0) is 18.1. The van der Waals surface area contributed by atoms with Crippen LogP contribution in [0.4, 0.5) is 0 Å². The lowest BCUT2D eigenvalue weighted by molar-refractivity contribution is -0.114. The van der Waals surface area contributed by atoms with Crippen molar-refractivity contribution in [1.29, 1.82) is 0 Å². The second-order valence-electron chi connectivity index (χ2n) is 6.07. The predicted octanol–water partition coefficient (Wildman–Crippen LogP) is 4.44. The number of carbonyl (C=O) groups excluding carboxylic acids is 1. The van der Waals surface area contributed by atoms with Gasteiger partial charge in [0.05, 0.1) is 11.1 Å². The Hall–Kier alpha value is -3.12. The number of nitrogens with one attached hydrogen (secondary N) is 1. The average molecular weight is 360 g/mol. The molecule has 3 aromatic heterocycles. The van der Waals surface area contributed by atoms with Gasteiger partial charge in [-0.3, -0.25) is 4.79 Å². The van der Waals surface area contributed by atoms with Crippen molar-refractivity contribution >= 4 is 28.2 Å². The van der Waals surface area contributed by atoms with Gasteiger partial charge in [0.2, 0.25) is 0 Å². The second-order valence-corrected chi connectivity index (χ2v) is 6.96. The third-order valence-electron chi connectivity index (χ3n) is 4.17. The van der Waals surface area contributed by atoms with Crippen LogP contribution in [-0.4, -0.2) is 25.7 Å². The van der Waals surface area contributed by atoms with Crippen molar-refractivity contribution in [2.45, 2.75) is 13.3 Å². The van der Waals surface area contributed by atoms with Crippen molar-refractivity contribution in [3.05, 3.63) is 66.1 Å². The van der Waals surface area contributed by atoms with Gasteiger partial charge in [-0.1, -0.05) is 24.8 Å². The number of benzene rings is 1. The summed E-state index contributed by atoms with van der Waals surface area (Å²) in [6, 6.07) is 7.89. The fourth-order valence-corrected chi connectivity index (χ4v) is 3.53. The Labute approximate surface area is 154 Å². The molecule has 0 radical (unpaired) electrons. The van der Waals surface area contributed by atoms with Crippen LogP contribution in [0.25, 0.3) is 32.9 Å². The van der Waals surface area contributed by atoms with E-state index in [4.69, 9.17) is 0 Å². The van der Waals surface area contributed by atoms with Crippen LogP contribution in [0.5, 0.6) is 0 Å². The Morgan fingerprint density at radius 3 is 2.92 bits per heavy atom. The third kappa shape index (κ3) is 2.95. The van der Waals surface area contributed by atoms with E-state index in [2.05, 4.69) is 26.5 Å². The maximum absolute atomic E-state index is 12.0. The number of aromatic amines is 1. The number of Topliss-reactive ketones (excluding diaryl/α,β-unsaturated/α-hetero) is 1. The Kier molecular flexibility index (Phi) is 4.18. The quantitative estimate of drug-likeness (QED) is 0.534. The second kappa shape index (κ2) is 6.65. The molecule has 0 saturated carbocycles. The summed E-state index contributed by atoms with van der Waals surface area (Å²) in [6.07, 6.45) is 5.58. The molecule has 0 unspecified atom stereocenters. The fourth-order valence-electron chi connectivity index (χ4n) is 2.87. The number of fused-ring (bicyclic) bond motifs is 1. The largest absolute Gasteiger partial charge is 0.345 e. The van der Waals surface area contributed by atoms with Gasteiger partial charge in [-0.15, -0.1) is 11.3 Å². The lowest BCUT2D eigenvalue weighted by Crippen LogP contribution is -2.03. The van der Waals surface area contributed by atoms with Crippen molar-refractivity contribution < 1.29 is 4.79 Å². The van der Waals surface area contributed by atoms with Gasteiger partial charge in [0.15, 0.2) is 5.78 Å². The molecule has 0 spiro atoms. The number of H-pyrrole nitrogens is 1.